The van der Waals surface area contributed by atoms with Crippen LogP contribution in [0.1, 0.15) is 47.5 Å². The van der Waals surface area contributed by atoms with Crippen molar-refractivity contribution < 1.29 is 8.69 Å². The van der Waals surface area contributed by atoms with Gasteiger partial charge in [0.25, 0.3) is 0 Å². The average molecular weight is 326 g/mol. The van der Waals surface area contributed by atoms with Gasteiger partial charge in [-0.05, 0) is 59.2 Å². The van der Waals surface area contributed by atoms with Crippen LogP contribution in [0.3, 0.4) is 0 Å². The van der Waals surface area contributed by atoms with Crippen LogP contribution < -0.4 is 0 Å². The van der Waals surface area contributed by atoms with E-state index in [1.807, 2.05) is 0 Å². The predicted octanol–water partition coefficient (Wildman–Crippen LogP) is 5.73. The molecule has 0 saturated heterocycles. The van der Waals surface area contributed by atoms with E-state index in [0.29, 0.717) is 0 Å². The maximum atomic E-state index is 6.42. The lowest BCUT2D eigenvalue weighted by atomic mass is 9.88. The van der Waals surface area contributed by atoms with Crippen molar-refractivity contribution in [3.63, 3.8) is 0 Å². The number of rotatable bonds is 9. The maximum Gasteiger partial charge on any atom is 0.435 e. The largest absolute Gasteiger partial charge is 0.451 e. The van der Waals surface area contributed by atoms with Crippen LogP contribution in [0, 0.1) is 0 Å². The molecule has 0 bridgehead atoms. The zero-order valence-electron chi connectivity index (χ0n) is 15.7. The molecule has 0 aliphatic heterocycles. The van der Waals surface area contributed by atoms with Crippen molar-refractivity contribution in [1.29, 1.82) is 0 Å². The summed E-state index contributed by atoms with van der Waals surface area (Å²) in [5, 5.41) is 2.82. The van der Waals surface area contributed by atoms with Gasteiger partial charge in [-0.1, -0.05) is 43.3 Å². The number of hydrogen-bond donors (Lipinski definition) is 0. The topological polar surface area (TPSA) is 18.5 Å². The molecule has 0 N–H and O–H groups in total. The minimum atomic E-state index is -1.83. The lowest BCUT2D eigenvalue weighted by molar-refractivity contribution is 0.420. The molecule has 0 saturated carbocycles. The molecular weight excluding hydrogens is 291 g/mol. The van der Waals surface area contributed by atoms with Gasteiger partial charge in [-0.3, -0.25) is 0 Å². The Morgan fingerprint density at radius 1 is 0.810 bits per heavy atom. The van der Waals surface area contributed by atoms with E-state index < -0.39 is 16.6 Å². The van der Waals surface area contributed by atoms with Gasteiger partial charge in [0.1, 0.15) is 0 Å². The molecule has 122 valence electrons. The van der Waals surface area contributed by atoms with Gasteiger partial charge in [0.2, 0.25) is 0 Å². The van der Waals surface area contributed by atoms with Crippen LogP contribution >= 0.6 is 0 Å². The standard InChI is InChI=1S/C16H35BO2Si2/c1-10-13-15(4)20(6,7)18-17(12-3)19-21(8,9)16(5)14-11-2/h13-14H,10-12H2,1-9H3/b15-13+,16-14+. The van der Waals surface area contributed by atoms with Gasteiger partial charge in [-0.2, -0.15) is 0 Å². The Labute approximate surface area is 135 Å². The highest BCUT2D eigenvalue weighted by molar-refractivity contribution is 6.87. The Kier molecular flexibility index (Phi) is 9.09. The molecule has 0 spiro atoms. The maximum absolute atomic E-state index is 6.42. The van der Waals surface area contributed by atoms with Gasteiger partial charge in [-0.25, -0.2) is 0 Å². The number of allylic oxidation sites excluding steroid dienone is 4. The Bertz CT molecular complexity index is 342. The molecule has 0 aliphatic carbocycles. The summed E-state index contributed by atoms with van der Waals surface area (Å²) in [5.41, 5.74) is 0. The fourth-order valence-corrected chi connectivity index (χ4v) is 5.74. The molecule has 0 heterocycles. The van der Waals surface area contributed by atoms with E-state index in [9.17, 15) is 0 Å². The van der Waals surface area contributed by atoms with Crippen molar-refractivity contribution in [2.45, 2.75) is 80.0 Å². The molecular formula is C16H35BO2Si2. The molecule has 0 aromatic rings. The molecule has 0 amide bonds. The van der Waals surface area contributed by atoms with Crippen LogP contribution in [-0.4, -0.2) is 23.8 Å². The molecule has 0 aromatic carbocycles. The zero-order valence-corrected chi connectivity index (χ0v) is 17.7. The van der Waals surface area contributed by atoms with E-state index in [0.717, 1.165) is 19.2 Å². The van der Waals surface area contributed by atoms with E-state index in [1.54, 1.807) is 0 Å². The predicted molar refractivity (Wildman–Crippen MR) is 101 cm³/mol. The summed E-state index contributed by atoms with van der Waals surface area (Å²) >= 11 is 0. The molecule has 21 heavy (non-hydrogen) atoms. The van der Waals surface area contributed by atoms with E-state index in [-0.39, 0.29) is 7.12 Å². The highest BCUT2D eigenvalue weighted by Crippen LogP contribution is 2.23. The van der Waals surface area contributed by atoms with Gasteiger partial charge in [-0.15, -0.1) is 0 Å². The van der Waals surface area contributed by atoms with Crippen molar-refractivity contribution >= 4 is 23.8 Å². The van der Waals surface area contributed by atoms with Crippen LogP contribution in [0.25, 0.3) is 0 Å². The summed E-state index contributed by atoms with van der Waals surface area (Å²) in [5.74, 6) is 0. The first-order valence-electron chi connectivity index (χ1n) is 8.30. The van der Waals surface area contributed by atoms with Crippen LogP contribution in [-0.2, 0) is 8.69 Å². The van der Waals surface area contributed by atoms with E-state index in [1.165, 1.54) is 10.4 Å². The van der Waals surface area contributed by atoms with E-state index >= 15 is 0 Å². The van der Waals surface area contributed by atoms with Gasteiger partial charge >= 0.3 is 7.12 Å². The van der Waals surface area contributed by atoms with Crippen molar-refractivity contribution in [1.82, 2.24) is 0 Å². The molecule has 0 radical (unpaired) electrons. The monoisotopic (exact) mass is 326 g/mol. The molecule has 0 aliphatic rings. The Morgan fingerprint density at radius 2 is 1.14 bits per heavy atom. The molecule has 0 aromatic heterocycles. The fourth-order valence-electron chi connectivity index (χ4n) is 2.14. The van der Waals surface area contributed by atoms with Gasteiger partial charge in [0.05, 0.1) is 0 Å². The molecule has 0 fully saturated rings. The number of hydrogen-bond acceptors (Lipinski definition) is 2. The average Bonchev–Trinajstić information content (AvgIpc) is 2.37. The molecule has 2 nitrogen and oxygen atoms in total. The second kappa shape index (κ2) is 9.13. The van der Waals surface area contributed by atoms with Gasteiger partial charge < -0.3 is 8.69 Å². The lowest BCUT2D eigenvalue weighted by Gasteiger charge is -2.33. The van der Waals surface area contributed by atoms with Crippen LogP contribution in [0.4, 0.5) is 0 Å². The van der Waals surface area contributed by atoms with E-state index in [4.69, 9.17) is 8.69 Å². The zero-order chi connectivity index (χ0) is 16.7. The third-order valence-corrected chi connectivity index (χ3v) is 10.0. The van der Waals surface area contributed by atoms with Crippen LogP contribution in [0.2, 0.25) is 32.5 Å². The Morgan fingerprint density at radius 3 is 1.38 bits per heavy atom. The SMILES string of the molecule is CC/C=C(\C)[Si](C)(C)OB(CC)O[Si](C)(C)/C(C)=C/CC. The van der Waals surface area contributed by atoms with Crippen molar-refractivity contribution in [3.8, 4) is 0 Å². The first-order chi connectivity index (χ1) is 9.60. The summed E-state index contributed by atoms with van der Waals surface area (Å²) in [6.07, 6.45) is 7.64. The molecule has 0 unspecified atom stereocenters. The smallest absolute Gasteiger partial charge is 0.435 e. The second-order valence-electron chi connectivity index (χ2n) is 6.68. The summed E-state index contributed by atoms with van der Waals surface area (Å²) in [6.45, 7) is 20.0. The van der Waals surface area contributed by atoms with Crippen LogP contribution in [0.15, 0.2) is 22.5 Å². The molecule has 0 atom stereocenters. The lowest BCUT2D eigenvalue weighted by Crippen LogP contribution is -2.47. The highest BCUT2D eigenvalue weighted by atomic mass is 28.4. The Hall–Kier alpha value is -0.101. The quantitative estimate of drug-likeness (QED) is 0.504. The first-order valence-corrected chi connectivity index (χ1v) is 14.1. The summed E-state index contributed by atoms with van der Waals surface area (Å²) in [4.78, 5) is 0. The minimum Gasteiger partial charge on any atom is -0.451 e. The summed E-state index contributed by atoms with van der Waals surface area (Å²) in [7, 11) is -3.73. The molecule has 0 rings (SSSR count). The summed E-state index contributed by atoms with van der Waals surface area (Å²) in [6, 6.07) is 0. The normalized spacial score (nSPS) is 14.5. The third-order valence-electron chi connectivity index (χ3n) is 4.11. The minimum absolute atomic E-state index is 0.0752. The van der Waals surface area contributed by atoms with Crippen LogP contribution in [0.5, 0.6) is 0 Å². The molecule has 5 heteroatoms. The van der Waals surface area contributed by atoms with Crippen molar-refractivity contribution in [3.05, 3.63) is 22.5 Å². The Balaban J connectivity index is 4.96. The third kappa shape index (κ3) is 7.13. The summed E-state index contributed by atoms with van der Waals surface area (Å²) < 4.78 is 12.8. The fraction of sp³-hybridized carbons (Fsp3) is 0.750. The van der Waals surface area contributed by atoms with E-state index in [2.05, 4.69) is 73.0 Å². The van der Waals surface area contributed by atoms with Crippen molar-refractivity contribution in [2.75, 3.05) is 0 Å². The first kappa shape index (κ1) is 20.9. The van der Waals surface area contributed by atoms with Crippen molar-refractivity contribution in [2.24, 2.45) is 0 Å². The van der Waals surface area contributed by atoms with Gasteiger partial charge in [0, 0.05) is 0 Å². The second-order valence-corrected chi connectivity index (χ2v) is 14.8. The van der Waals surface area contributed by atoms with Gasteiger partial charge in [0.15, 0.2) is 16.6 Å². The highest BCUT2D eigenvalue weighted by Gasteiger charge is 2.36.